The van der Waals surface area contributed by atoms with Crippen molar-refractivity contribution < 1.29 is 9.53 Å². The van der Waals surface area contributed by atoms with Crippen molar-refractivity contribution in [2.75, 3.05) is 13.7 Å². The molecule has 1 atom stereocenters. The van der Waals surface area contributed by atoms with Gasteiger partial charge in [-0.25, -0.2) is 0 Å². The molecule has 0 aliphatic carbocycles. The van der Waals surface area contributed by atoms with Crippen molar-refractivity contribution in [2.45, 2.75) is 40.3 Å². The molecule has 2 aromatic heterocycles. The first-order chi connectivity index (χ1) is 12.9. The summed E-state index contributed by atoms with van der Waals surface area (Å²) in [5.74, 6) is 0.493. The van der Waals surface area contributed by atoms with Gasteiger partial charge in [-0.05, 0) is 44.5 Å². The van der Waals surface area contributed by atoms with Crippen LogP contribution < -0.4 is 0 Å². The number of ketones is 1. The van der Waals surface area contributed by atoms with Crippen LogP contribution in [0.5, 0.6) is 0 Å². The highest BCUT2D eigenvalue weighted by Crippen LogP contribution is 2.22. The summed E-state index contributed by atoms with van der Waals surface area (Å²) in [5.41, 5.74) is 4.64. The van der Waals surface area contributed by atoms with Crippen molar-refractivity contribution in [1.82, 2.24) is 24.8 Å². The fraction of sp³-hybridized carbons (Fsp3) is 0.400. The number of aromatic nitrogens is 5. The minimum Gasteiger partial charge on any atom is -0.383 e. The number of tetrazole rings is 1. The summed E-state index contributed by atoms with van der Waals surface area (Å²) in [6.45, 7) is 8.68. The van der Waals surface area contributed by atoms with Crippen LogP contribution in [0.15, 0.2) is 30.3 Å². The number of aryl methyl sites for hydroxylation is 2. The number of carbonyl (C=O) groups is 1. The third-order valence-corrected chi connectivity index (χ3v) is 4.76. The Hall–Kier alpha value is -2.80. The number of hydrogen-bond donors (Lipinski definition) is 0. The highest BCUT2D eigenvalue weighted by molar-refractivity contribution is 5.97. The van der Waals surface area contributed by atoms with Crippen molar-refractivity contribution in [2.24, 2.45) is 0 Å². The van der Waals surface area contributed by atoms with Crippen molar-refractivity contribution in [3.05, 3.63) is 52.8 Å². The van der Waals surface area contributed by atoms with E-state index < -0.39 is 0 Å². The molecule has 142 valence electrons. The Morgan fingerprint density at radius 2 is 1.96 bits per heavy atom. The van der Waals surface area contributed by atoms with Gasteiger partial charge in [0.2, 0.25) is 5.82 Å². The molecule has 0 unspecified atom stereocenters. The number of methoxy groups -OCH3 is 1. The first-order valence-corrected chi connectivity index (χ1v) is 8.96. The van der Waals surface area contributed by atoms with Gasteiger partial charge < -0.3 is 9.30 Å². The van der Waals surface area contributed by atoms with E-state index in [1.807, 2.05) is 51.1 Å². The van der Waals surface area contributed by atoms with Crippen molar-refractivity contribution in [1.29, 1.82) is 0 Å². The van der Waals surface area contributed by atoms with E-state index in [1.165, 1.54) is 4.80 Å². The molecule has 2 heterocycles. The Morgan fingerprint density at radius 1 is 1.22 bits per heavy atom. The molecular formula is C20H25N5O2. The van der Waals surface area contributed by atoms with Crippen molar-refractivity contribution in [3.8, 4) is 11.4 Å². The lowest BCUT2D eigenvalue weighted by Crippen LogP contribution is -2.16. The van der Waals surface area contributed by atoms with Crippen molar-refractivity contribution >= 4 is 5.78 Å². The third kappa shape index (κ3) is 3.83. The lowest BCUT2D eigenvalue weighted by molar-refractivity contribution is 0.0960. The Bertz CT molecular complexity index is 957. The molecule has 0 saturated carbocycles. The second-order valence-corrected chi connectivity index (χ2v) is 6.84. The van der Waals surface area contributed by atoms with E-state index in [0.717, 1.165) is 22.5 Å². The van der Waals surface area contributed by atoms with Gasteiger partial charge in [0.05, 0.1) is 12.6 Å². The Morgan fingerprint density at radius 3 is 2.67 bits per heavy atom. The molecule has 0 spiro atoms. The molecule has 1 aromatic carbocycles. The molecule has 27 heavy (non-hydrogen) atoms. The maximum Gasteiger partial charge on any atom is 0.205 e. The quantitative estimate of drug-likeness (QED) is 0.600. The number of nitrogens with zero attached hydrogens (tertiary/aromatic N) is 5. The van der Waals surface area contributed by atoms with Gasteiger partial charge in [-0.15, -0.1) is 10.2 Å². The topological polar surface area (TPSA) is 74.8 Å². The fourth-order valence-corrected chi connectivity index (χ4v) is 3.51. The van der Waals surface area contributed by atoms with E-state index in [0.29, 0.717) is 18.0 Å². The molecule has 3 rings (SSSR count). The second-order valence-electron chi connectivity index (χ2n) is 6.84. The van der Waals surface area contributed by atoms with Crippen LogP contribution in [0.25, 0.3) is 11.4 Å². The van der Waals surface area contributed by atoms with Crippen LogP contribution >= 0.6 is 0 Å². The molecule has 0 saturated heterocycles. The molecule has 0 aliphatic heterocycles. The molecule has 0 bridgehead atoms. The summed E-state index contributed by atoms with van der Waals surface area (Å²) < 4.78 is 7.38. The zero-order valence-corrected chi connectivity index (χ0v) is 16.4. The van der Waals surface area contributed by atoms with Crippen molar-refractivity contribution in [3.63, 3.8) is 0 Å². The van der Waals surface area contributed by atoms with Crippen LogP contribution in [0.3, 0.4) is 0 Å². The highest BCUT2D eigenvalue weighted by atomic mass is 16.5. The molecule has 3 aromatic rings. The average Bonchev–Trinajstić information content (AvgIpc) is 3.19. The molecule has 0 radical (unpaired) electrons. The van der Waals surface area contributed by atoms with Crippen LogP contribution in [0.2, 0.25) is 0 Å². The zero-order chi connectivity index (χ0) is 19.6. The first-order valence-electron chi connectivity index (χ1n) is 8.96. The summed E-state index contributed by atoms with van der Waals surface area (Å²) in [6.07, 6.45) is 0. The van der Waals surface area contributed by atoms with Crippen LogP contribution in [-0.4, -0.2) is 44.3 Å². The Labute approximate surface area is 159 Å². The largest absolute Gasteiger partial charge is 0.383 e. The van der Waals surface area contributed by atoms with Gasteiger partial charge in [0.25, 0.3) is 0 Å². The third-order valence-electron chi connectivity index (χ3n) is 4.76. The standard InChI is InChI=1S/C20H25N5O2/c1-13-8-6-7-9-17(13)20-21-23-24(22-20)11-19(26)18-10-14(2)25(16(18)4)15(3)12-27-5/h6-10,15H,11-12H2,1-5H3/t15-/m1/s1. The fourth-order valence-electron chi connectivity index (χ4n) is 3.51. The first kappa shape index (κ1) is 19.0. The van der Waals surface area contributed by atoms with Gasteiger partial charge in [-0.2, -0.15) is 4.80 Å². The average molecular weight is 367 g/mol. The summed E-state index contributed by atoms with van der Waals surface area (Å²) >= 11 is 0. The van der Waals surface area contributed by atoms with Gasteiger partial charge >= 0.3 is 0 Å². The van der Waals surface area contributed by atoms with Gasteiger partial charge in [-0.3, -0.25) is 4.79 Å². The lowest BCUT2D eigenvalue weighted by atomic mass is 10.1. The normalized spacial score (nSPS) is 12.3. The summed E-state index contributed by atoms with van der Waals surface area (Å²) in [7, 11) is 1.68. The van der Waals surface area contributed by atoms with E-state index in [4.69, 9.17) is 4.74 Å². The number of benzene rings is 1. The Kier molecular flexibility index (Phi) is 5.51. The summed E-state index contributed by atoms with van der Waals surface area (Å²) in [6, 6.07) is 9.93. The molecule has 0 amide bonds. The molecule has 0 N–H and O–H groups in total. The monoisotopic (exact) mass is 367 g/mol. The summed E-state index contributed by atoms with van der Waals surface area (Å²) in [5, 5.41) is 12.5. The lowest BCUT2D eigenvalue weighted by Gasteiger charge is -2.17. The maximum absolute atomic E-state index is 12.8. The molecular weight excluding hydrogens is 342 g/mol. The van der Waals surface area contributed by atoms with E-state index in [-0.39, 0.29) is 18.4 Å². The number of carbonyl (C=O) groups excluding carboxylic acids is 1. The summed E-state index contributed by atoms with van der Waals surface area (Å²) in [4.78, 5) is 14.2. The van der Waals surface area contributed by atoms with Crippen LogP contribution in [0.4, 0.5) is 0 Å². The van der Waals surface area contributed by atoms with E-state index >= 15 is 0 Å². The molecule has 0 aliphatic rings. The van der Waals surface area contributed by atoms with Crippen LogP contribution in [0.1, 0.15) is 40.3 Å². The van der Waals surface area contributed by atoms with Gasteiger partial charge in [0, 0.05) is 29.6 Å². The van der Waals surface area contributed by atoms with Crippen LogP contribution in [-0.2, 0) is 11.3 Å². The molecule has 7 nitrogen and oxygen atoms in total. The smallest absolute Gasteiger partial charge is 0.205 e. The van der Waals surface area contributed by atoms with Crippen LogP contribution in [0, 0.1) is 20.8 Å². The minimum atomic E-state index is -0.0345. The minimum absolute atomic E-state index is 0.0345. The van der Waals surface area contributed by atoms with E-state index in [2.05, 4.69) is 26.9 Å². The number of hydrogen-bond acceptors (Lipinski definition) is 5. The number of ether oxygens (including phenoxy) is 1. The van der Waals surface area contributed by atoms with E-state index in [9.17, 15) is 4.79 Å². The van der Waals surface area contributed by atoms with Gasteiger partial charge in [0.1, 0.15) is 6.54 Å². The molecule has 7 heteroatoms. The highest BCUT2D eigenvalue weighted by Gasteiger charge is 2.20. The Balaban J connectivity index is 1.81. The van der Waals surface area contributed by atoms with Gasteiger partial charge in [0.15, 0.2) is 5.78 Å². The number of Topliss-reactive ketones (excluding diaryl/α,β-unsaturated/α-hetero) is 1. The number of rotatable bonds is 7. The predicted molar refractivity (Wildman–Crippen MR) is 103 cm³/mol. The van der Waals surface area contributed by atoms with E-state index in [1.54, 1.807) is 7.11 Å². The second kappa shape index (κ2) is 7.84. The maximum atomic E-state index is 12.8. The zero-order valence-electron chi connectivity index (χ0n) is 16.4. The predicted octanol–water partition coefficient (Wildman–Crippen LogP) is 3.16. The molecule has 0 fully saturated rings. The van der Waals surface area contributed by atoms with Gasteiger partial charge in [-0.1, -0.05) is 24.3 Å². The SMILES string of the molecule is COC[C@@H](C)n1c(C)cc(C(=O)Cn2nnc(-c3ccccc3C)n2)c1C.